The lowest BCUT2D eigenvalue weighted by Crippen LogP contribution is -2.35. The van der Waals surface area contributed by atoms with Gasteiger partial charge in [-0.15, -0.1) is 0 Å². The lowest BCUT2D eigenvalue weighted by Gasteiger charge is -2.18. The molecule has 0 radical (unpaired) electrons. The fourth-order valence-corrected chi connectivity index (χ4v) is 4.60. The van der Waals surface area contributed by atoms with Crippen molar-refractivity contribution in [3.8, 4) is 0 Å². The number of fused-ring (bicyclic) bond motifs is 2. The van der Waals surface area contributed by atoms with Crippen LogP contribution in [0.25, 0.3) is 22.8 Å². The van der Waals surface area contributed by atoms with Gasteiger partial charge in [-0.05, 0) is 56.0 Å². The van der Waals surface area contributed by atoms with E-state index < -0.39 is 11.9 Å². The number of hydrogen-bond donors (Lipinski definition) is 0. The Kier molecular flexibility index (Phi) is 7.28. The molecule has 9 nitrogen and oxygen atoms in total. The highest BCUT2D eigenvalue weighted by atomic mass is 16.5. The molecule has 4 heterocycles. The smallest absolute Gasteiger partial charge is 0.341 e. The second-order valence-electron chi connectivity index (χ2n) is 9.08. The molecule has 1 saturated heterocycles. The summed E-state index contributed by atoms with van der Waals surface area (Å²) in [5.74, 6) is -1.24. The molecule has 5 rings (SSSR count). The van der Waals surface area contributed by atoms with Crippen molar-refractivity contribution in [1.29, 1.82) is 0 Å². The van der Waals surface area contributed by atoms with Crippen molar-refractivity contribution in [3.05, 3.63) is 93.3 Å². The van der Waals surface area contributed by atoms with E-state index >= 15 is 0 Å². The van der Waals surface area contributed by atoms with Crippen molar-refractivity contribution < 1.29 is 19.1 Å². The minimum Gasteiger partial charge on any atom is -0.462 e. The van der Waals surface area contributed by atoms with Gasteiger partial charge >= 0.3 is 5.97 Å². The second-order valence-corrected chi connectivity index (χ2v) is 9.08. The van der Waals surface area contributed by atoms with Gasteiger partial charge in [0.15, 0.2) is 5.49 Å². The Balaban J connectivity index is 1.80. The Morgan fingerprint density at radius 2 is 2.00 bits per heavy atom. The van der Waals surface area contributed by atoms with Gasteiger partial charge in [-0.3, -0.25) is 14.0 Å². The van der Waals surface area contributed by atoms with Crippen LogP contribution < -0.4 is 11.0 Å². The molecular weight excluding hydrogens is 484 g/mol. The number of rotatable bonds is 6. The highest BCUT2D eigenvalue weighted by Gasteiger charge is 2.23. The SMILES string of the molecule is CCOC(=O)c1cc2c(=O)n3cccc(C)c3nc2n(C[C@H]2CCCO2)c1=NC(=O)/C=C/c1ccccc1. The standard InChI is InChI=1S/C29H28N4O5/c1-3-37-29(36)23-17-22-26(31-25-19(2)9-7-15-32(25)28(22)35)33(18-21-12-8-16-38-21)27(23)30-24(34)14-13-20-10-5-4-6-11-20/h4-7,9-11,13-15,17,21H,3,8,12,16,18H2,1-2H3/b14-13+,30-27?/t21-/m1/s1. The van der Waals surface area contributed by atoms with Crippen LogP contribution in [0.4, 0.5) is 0 Å². The summed E-state index contributed by atoms with van der Waals surface area (Å²) in [5.41, 5.74) is 2.23. The first-order valence-corrected chi connectivity index (χ1v) is 12.6. The van der Waals surface area contributed by atoms with Crippen LogP contribution in [0.15, 0.2) is 70.6 Å². The summed E-state index contributed by atoms with van der Waals surface area (Å²) >= 11 is 0. The molecule has 1 aromatic carbocycles. The van der Waals surface area contributed by atoms with E-state index in [4.69, 9.17) is 14.5 Å². The third-order valence-electron chi connectivity index (χ3n) is 6.44. The number of aryl methyl sites for hydroxylation is 1. The monoisotopic (exact) mass is 512 g/mol. The average molecular weight is 513 g/mol. The van der Waals surface area contributed by atoms with Crippen molar-refractivity contribution in [2.75, 3.05) is 13.2 Å². The van der Waals surface area contributed by atoms with Gasteiger partial charge in [-0.2, -0.15) is 4.99 Å². The molecule has 0 aliphatic carbocycles. The average Bonchev–Trinajstić information content (AvgIpc) is 3.43. The van der Waals surface area contributed by atoms with E-state index in [1.165, 1.54) is 16.5 Å². The largest absolute Gasteiger partial charge is 0.462 e. The highest BCUT2D eigenvalue weighted by molar-refractivity contribution is 5.96. The van der Waals surface area contributed by atoms with Crippen LogP contribution in [0.5, 0.6) is 0 Å². The molecule has 4 aromatic rings. The first kappa shape index (κ1) is 25.3. The van der Waals surface area contributed by atoms with Crippen molar-refractivity contribution in [1.82, 2.24) is 14.0 Å². The van der Waals surface area contributed by atoms with E-state index in [-0.39, 0.29) is 41.3 Å². The number of amides is 1. The van der Waals surface area contributed by atoms with Gasteiger partial charge in [-0.1, -0.05) is 36.4 Å². The molecule has 0 unspecified atom stereocenters. The zero-order valence-electron chi connectivity index (χ0n) is 21.3. The molecule has 194 valence electrons. The maximum atomic E-state index is 13.6. The fraction of sp³-hybridized carbons (Fsp3) is 0.276. The van der Waals surface area contributed by atoms with E-state index in [0.717, 1.165) is 24.0 Å². The van der Waals surface area contributed by atoms with Crippen LogP contribution in [-0.2, 0) is 20.8 Å². The van der Waals surface area contributed by atoms with Crippen LogP contribution in [0.1, 0.15) is 41.3 Å². The molecule has 1 fully saturated rings. The van der Waals surface area contributed by atoms with Crippen LogP contribution in [0.2, 0.25) is 0 Å². The molecule has 1 amide bonds. The quantitative estimate of drug-likeness (QED) is 0.223. The predicted molar refractivity (Wildman–Crippen MR) is 143 cm³/mol. The van der Waals surface area contributed by atoms with Crippen LogP contribution in [0.3, 0.4) is 0 Å². The van der Waals surface area contributed by atoms with E-state index in [9.17, 15) is 14.4 Å². The minimum atomic E-state index is -0.678. The van der Waals surface area contributed by atoms with Gasteiger partial charge < -0.3 is 14.0 Å². The Morgan fingerprint density at radius 3 is 2.74 bits per heavy atom. The summed E-state index contributed by atoms with van der Waals surface area (Å²) in [4.78, 5) is 48.9. The Morgan fingerprint density at radius 1 is 1.18 bits per heavy atom. The van der Waals surface area contributed by atoms with Gasteiger partial charge in [0.2, 0.25) is 0 Å². The van der Waals surface area contributed by atoms with Crippen molar-refractivity contribution in [3.63, 3.8) is 0 Å². The minimum absolute atomic E-state index is 0.0188. The summed E-state index contributed by atoms with van der Waals surface area (Å²) in [5, 5.41) is 0.223. The number of carbonyl (C=O) groups excluding carboxylic acids is 2. The third-order valence-corrected chi connectivity index (χ3v) is 6.44. The summed E-state index contributed by atoms with van der Waals surface area (Å²) < 4.78 is 14.3. The molecular formula is C29H28N4O5. The second kappa shape index (κ2) is 10.9. The third kappa shape index (κ3) is 5.05. The highest BCUT2D eigenvalue weighted by Crippen LogP contribution is 2.18. The number of carbonyl (C=O) groups is 2. The number of nitrogens with zero attached hydrogens (tertiary/aromatic N) is 4. The van der Waals surface area contributed by atoms with Crippen molar-refractivity contribution >= 4 is 34.6 Å². The number of hydrogen-bond acceptors (Lipinski definition) is 6. The predicted octanol–water partition coefficient (Wildman–Crippen LogP) is 3.45. The number of benzene rings is 1. The Labute approximate surface area is 218 Å². The molecule has 3 aromatic heterocycles. The van der Waals surface area contributed by atoms with E-state index in [2.05, 4.69) is 4.99 Å². The van der Waals surface area contributed by atoms with Crippen LogP contribution in [0, 0.1) is 6.92 Å². The van der Waals surface area contributed by atoms with Crippen molar-refractivity contribution in [2.24, 2.45) is 4.99 Å². The molecule has 1 aliphatic heterocycles. The normalized spacial score (nSPS) is 16.1. The molecule has 0 bridgehead atoms. The van der Waals surface area contributed by atoms with E-state index in [1.807, 2.05) is 43.3 Å². The molecule has 38 heavy (non-hydrogen) atoms. The van der Waals surface area contributed by atoms with Gasteiger partial charge in [-0.25, -0.2) is 9.78 Å². The lowest BCUT2D eigenvalue weighted by atomic mass is 10.1. The first-order chi connectivity index (χ1) is 18.5. The van der Waals surface area contributed by atoms with Crippen LogP contribution in [-0.4, -0.2) is 45.1 Å². The lowest BCUT2D eigenvalue weighted by molar-refractivity contribution is -0.113. The maximum absolute atomic E-state index is 13.6. The topological polar surface area (TPSA) is 104 Å². The zero-order valence-corrected chi connectivity index (χ0v) is 21.3. The maximum Gasteiger partial charge on any atom is 0.341 e. The summed E-state index contributed by atoms with van der Waals surface area (Å²) in [6.45, 7) is 4.57. The molecule has 1 aliphatic rings. The number of esters is 1. The molecule has 0 N–H and O–H groups in total. The van der Waals surface area contributed by atoms with Gasteiger partial charge in [0.1, 0.15) is 16.9 Å². The fourth-order valence-electron chi connectivity index (χ4n) is 4.60. The number of aromatic nitrogens is 3. The summed E-state index contributed by atoms with van der Waals surface area (Å²) in [6.07, 6.45) is 6.15. The first-order valence-electron chi connectivity index (χ1n) is 12.6. The zero-order chi connectivity index (χ0) is 26.6. The number of ether oxygens (including phenoxy) is 2. The Bertz CT molecular complexity index is 1680. The molecule has 1 atom stereocenters. The summed E-state index contributed by atoms with van der Waals surface area (Å²) in [7, 11) is 0. The van der Waals surface area contributed by atoms with Gasteiger partial charge in [0.25, 0.3) is 11.5 Å². The van der Waals surface area contributed by atoms with Gasteiger partial charge in [0.05, 0.1) is 24.6 Å². The van der Waals surface area contributed by atoms with Gasteiger partial charge in [0, 0.05) is 18.9 Å². The van der Waals surface area contributed by atoms with E-state index in [1.54, 1.807) is 29.8 Å². The van der Waals surface area contributed by atoms with Crippen molar-refractivity contribution in [2.45, 2.75) is 39.3 Å². The molecule has 0 spiro atoms. The van der Waals surface area contributed by atoms with Crippen LogP contribution >= 0.6 is 0 Å². The molecule has 0 saturated carbocycles. The van der Waals surface area contributed by atoms with E-state index in [0.29, 0.717) is 17.9 Å². The summed E-state index contributed by atoms with van der Waals surface area (Å²) in [6, 6.07) is 14.4. The molecule has 9 heteroatoms. The Hall–Kier alpha value is -4.37. The number of pyridine rings is 2.